The number of amides is 1. The second-order valence-corrected chi connectivity index (χ2v) is 8.06. The molecule has 2 aromatic rings. The van der Waals surface area contributed by atoms with Crippen molar-refractivity contribution >= 4 is 50.5 Å². The van der Waals surface area contributed by atoms with Crippen molar-refractivity contribution in [2.75, 3.05) is 13.2 Å². The standard InChI is InChI=1S/C22H21BrN2O3S/c1-4-10-28-20-17(23)11-15(12-18(20)27-5-2)13-19-21(26)25-22(29-19)24-16-8-6-14(3)7-9-16/h4,6-9,11-13H,1,5,10H2,2-3H3,(H,24,25,26)/b19-13+. The molecule has 1 heterocycles. The van der Waals surface area contributed by atoms with Crippen LogP contribution in [0.5, 0.6) is 11.5 Å². The van der Waals surface area contributed by atoms with Crippen molar-refractivity contribution in [3.63, 3.8) is 0 Å². The fraction of sp³-hybridized carbons (Fsp3) is 0.182. The quantitative estimate of drug-likeness (QED) is 0.419. The second kappa shape index (κ2) is 9.80. The Morgan fingerprint density at radius 3 is 2.69 bits per heavy atom. The third-order valence-electron chi connectivity index (χ3n) is 3.89. The predicted octanol–water partition coefficient (Wildman–Crippen LogP) is 5.61. The lowest BCUT2D eigenvalue weighted by molar-refractivity contribution is -0.115. The van der Waals surface area contributed by atoms with Crippen LogP contribution in [0.25, 0.3) is 6.08 Å². The summed E-state index contributed by atoms with van der Waals surface area (Å²) in [5.74, 6) is 1.04. The van der Waals surface area contributed by atoms with E-state index in [1.165, 1.54) is 11.8 Å². The van der Waals surface area contributed by atoms with Crippen molar-refractivity contribution in [2.45, 2.75) is 13.8 Å². The lowest BCUT2D eigenvalue weighted by Crippen LogP contribution is -2.19. The number of hydrogen-bond donors (Lipinski definition) is 1. The molecule has 0 unspecified atom stereocenters. The molecule has 1 N–H and O–H groups in total. The summed E-state index contributed by atoms with van der Waals surface area (Å²) < 4.78 is 12.1. The van der Waals surface area contributed by atoms with Crippen LogP contribution in [0.2, 0.25) is 0 Å². The topological polar surface area (TPSA) is 59.9 Å². The van der Waals surface area contributed by atoms with Gasteiger partial charge in [0, 0.05) is 0 Å². The van der Waals surface area contributed by atoms with E-state index in [9.17, 15) is 4.79 Å². The Balaban J connectivity index is 1.86. The van der Waals surface area contributed by atoms with E-state index in [1.807, 2.05) is 56.3 Å². The number of hydrogen-bond acceptors (Lipinski definition) is 5. The Labute approximate surface area is 183 Å². The fourth-order valence-corrected chi connectivity index (χ4v) is 4.00. The van der Waals surface area contributed by atoms with E-state index in [4.69, 9.17) is 9.47 Å². The van der Waals surface area contributed by atoms with Crippen LogP contribution in [0, 0.1) is 6.92 Å². The molecule has 1 amide bonds. The molecule has 0 radical (unpaired) electrons. The first kappa shape index (κ1) is 21.2. The molecule has 0 bridgehead atoms. The van der Waals surface area contributed by atoms with Crippen molar-refractivity contribution in [2.24, 2.45) is 4.99 Å². The second-order valence-electron chi connectivity index (χ2n) is 6.18. The zero-order valence-corrected chi connectivity index (χ0v) is 18.6. The summed E-state index contributed by atoms with van der Waals surface area (Å²) in [4.78, 5) is 17.4. The molecule has 2 aromatic carbocycles. The molecule has 3 rings (SSSR count). The number of rotatable bonds is 7. The van der Waals surface area contributed by atoms with Gasteiger partial charge in [-0.2, -0.15) is 0 Å². The van der Waals surface area contributed by atoms with Gasteiger partial charge in [0.2, 0.25) is 0 Å². The lowest BCUT2D eigenvalue weighted by Gasteiger charge is -2.13. The smallest absolute Gasteiger partial charge is 0.264 e. The van der Waals surface area contributed by atoms with Gasteiger partial charge in [-0.1, -0.05) is 30.4 Å². The van der Waals surface area contributed by atoms with Crippen LogP contribution in [-0.4, -0.2) is 24.3 Å². The van der Waals surface area contributed by atoms with Crippen molar-refractivity contribution in [3.8, 4) is 11.5 Å². The highest BCUT2D eigenvalue weighted by molar-refractivity contribution is 9.10. The number of benzene rings is 2. The number of thioether (sulfide) groups is 1. The molecular formula is C22H21BrN2O3S. The van der Waals surface area contributed by atoms with Crippen LogP contribution < -0.4 is 14.8 Å². The van der Waals surface area contributed by atoms with Crippen LogP contribution in [0.15, 0.2) is 63.4 Å². The number of nitrogens with one attached hydrogen (secondary N) is 1. The maximum Gasteiger partial charge on any atom is 0.264 e. The lowest BCUT2D eigenvalue weighted by atomic mass is 10.2. The van der Waals surface area contributed by atoms with Gasteiger partial charge in [0.05, 0.1) is 21.7 Å². The summed E-state index contributed by atoms with van der Waals surface area (Å²) in [5.41, 5.74) is 2.78. The number of amidine groups is 1. The minimum atomic E-state index is -0.179. The molecule has 7 heteroatoms. The van der Waals surface area contributed by atoms with Crippen LogP contribution in [0.4, 0.5) is 5.69 Å². The van der Waals surface area contributed by atoms with E-state index >= 15 is 0 Å². The molecule has 0 atom stereocenters. The molecule has 1 saturated heterocycles. The molecule has 0 saturated carbocycles. The van der Waals surface area contributed by atoms with E-state index in [0.717, 1.165) is 21.3 Å². The van der Waals surface area contributed by atoms with Crippen molar-refractivity contribution in [3.05, 3.63) is 69.6 Å². The highest BCUT2D eigenvalue weighted by atomic mass is 79.9. The van der Waals surface area contributed by atoms with Gasteiger partial charge in [-0.05, 0) is 77.4 Å². The summed E-state index contributed by atoms with van der Waals surface area (Å²) >= 11 is 4.83. The van der Waals surface area contributed by atoms with E-state index in [2.05, 4.69) is 32.8 Å². The maximum absolute atomic E-state index is 12.4. The molecule has 5 nitrogen and oxygen atoms in total. The minimum Gasteiger partial charge on any atom is -0.490 e. The third kappa shape index (κ3) is 5.52. The molecule has 1 aliphatic heterocycles. The van der Waals surface area contributed by atoms with Gasteiger partial charge in [-0.3, -0.25) is 4.79 Å². The Morgan fingerprint density at radius 2 is 2.00 bits per heavy atom. The molecule has 0 spiro atoms. The molecule has 1 fully saturated rings. The van der Waals surface area contributed by atoms with Gasteiger partial charge in [0.1, 0.15) is 6.61 Å². The average molecular weight is 473 g/mol. The van der Waals surface area contributed by atoms with Crippen molar-refractivity contribution in [1.82, 2.24) is 5.32 Å². The molecule has 150 valence electrons. The molecule has 1 aliphatic rings. The summed E-state index contributed by atoms with van der Waals surface area (Å²) in [6, 6.07) is 11.6. The van der Waals surface area contributed by atoms with Gasteiger partial charge in [-0.25, -0.2) is 4.99 Å². The monoisotopic (exact) mass is 472 g/mol. The molecule has 0 aromatic heterocycles. The number of ether oxygens (including phenoxy) is 2. The normalized spacial score (nSPS) is 16.2. The van der Waals surface area contributed by atoms with Gasteiger partial charge >= 0.3 is 0 Å². The summed E-state index contributed by atoms with van der Waals surface area (Å²) in [6.07, 6.45) is 3.48. The first-order valence-electron chi connectivity index (χ1n) is 9.06. The number of halogens is 1. The Hall–Kier alpha value is -2.51. The summed E-state index contributed by atoms with van der Waals surface area (Å²) in [6.45, 7) is 8.47. The number of aryl methyl sites for hydroxylation is 1. The van der Waals surface area contributed by atoms with Crippen LogP contribution >= 0.6 is 27.7 Å². The number of aliphatic imine (C=N–C) groups is 1. The van der Waals surface area contributed by atoms with E-state index < -0.39 is 0 Å². The van der Waals surface area contributed by atoms with Crippen molar-refractivity contribution < 1.29 is 14.3 Å². The Morgan fingerprint density at radius 1 is 1.24 bits per heavy atom. The van der Waals surface area contributed by atoms with E-state index in [0.29, 0.717) is 34.8 Å². The maximum atomic E-state index is 12.4. The Bertz CT molecular complexity index is 984. The van der Waals surface area contributed by atoms with Crippen LogP contribution in [0.3, 0.4) is 0 Å². The SMILES string of the molecule is C=CCOc1c(Br)cc(/C=C2/SC(=Nc3ccc(C)cc3)NC2=O)cc1OCC. The number of carbonyl (C=O) groups excluding carboxylic acids is 1. The first-order valence-corrected chi connectivity index (χ1v) is 10.7. The van der Waals surface area contributed by atoms with Crippen molar-refractivity contribution in [1.29, 1.82) is 0 Å². The number of carbonyl (C=O) groups is 1. The highest BCUT2D eigenvalue weighted by Crippen LogP contribution is 2.38. The van der Waals surface area contributed by atoms with Crippen LogP contribution in [-0.2, 0) is 4.79 Å². The fourth-order valence-electron chi connectivity index (χ4n) is 2.58. The summed E-state index contributed by atoms with van der Waals surface area (Å²) in [5, 5.41) is 3.36. The number of nitrogens with zero attached hydrogens (tertiary/aromatic N) is 1. The zero-order valence-electron chi connectivity index (χ0n) is 16.2. The zero-order chi connectivity index (χ0) is 20.8. The van der Waals surface area contributed by atoms with E-state index in [-0.39, 0.29) is 5.91 Å². The average Bonchev–Trinajstić information content (AvgIpc) is 3.02. The predicted molar refractivity (Wildman–Crippen MR) is 123 cm³/mol. The highest BCUT2D eigenvalue weighted by Gasteiger charge is 2.24. The third-order valence-corrected chi connectivity index (χ3v) is 5.39. The van der Waals surface area contributed by atoms with Gasteiger partial charge in [0.15, 0.2) is 16.7 Å². The molecule has 0 aliphatic carbocycles. The van der Waals surface area contributed by atoms with Gasteiger partial charge < -0.3 is 14.8 Å². The van der Waals surface area contributed by atoms with Gasteiger partial charge in [-0.15, -0.1) is 0 Å². The summed E-state index contributed by atoms with van der Waals surface area (Å²) in [7, 11) is 0. The minimum absolute atomic E-state index is 0.179. The van der Waals surface area contributed by atoms with Gasteiger partial charge in [0.25, 0.3) is 5.91 Å². The molecular weight excluding hydrogens is 452 g/mol. The van der Waals surface area contributed by atoms with E-state index in [1.54, 1.807) is 6.08 Å². The largest absolute Gasteiger partial charge is 0.490 e. The first-order chi connectivity index (χ1) is 14.0. The Kier molecular flexibility index (Phi) is 7.17. The van der Waals surface area contributed by atoms with Crippen LogP contribution in [0.1, 0.15) is 18.1 Å². The molecule has 29 heavy (non-hydrogen) atoms.